The predicted molar refractivity (Wildman–Crippen MR) is 89.0 cm³/mol. The molecule has 1 N–H and O–H groups in total. The number of hydrogen-bond donors (Lipinski definition) is 1. The van der Waals surface area contributed by atoms with Gasteiger partial charge < -0.3 is 9.73 Å². The molecule has 0 aliphatic rings. The molecule has 0 saturated carbocycles. The summed E-state index contributed by atoms with van der Waals surface area (Å²) in [7, 11) is 0. The number of benzene rings is 2. The van der Waals surface area contributed by atoms with Crippen LogP contribution >= 0.6 is 0 Å². The number of oxazole rings is 1. The summed E-state index contributed by atoms with van der Waals surface area (Å²) in [6.45, 7) is 4.00. The number of aryl methyl sites for hydroxylation is 2. The van der Waals surface area contributed by atoms with Gasteiger partial charge in [-0.2, -0.15) is 0 Å². The topological polar surface area (TPSA) is 55.1 Å². The zero-order valence-electron chi connectivity index (χ0n) is 13.2. The number of carbonyl (C=O) groups excluding carboxylic acids is 1. The molecule has 2 aromatic carbocycles. The Morgan fingerprint density at radius 1 is 1.04 bits per heavy atom. The molecule has 0 radical (unpaired) electrons. The summed E-state index contributed by atoms with van der Waals surface area (Å²) in [4.78, 5) is 16.5. The second-order valence-corrected chi connectivity index (χ2v) is 5.37. The molecule has 4 heteroatoms. The third kappa shape index (κ3) is 3.48. The highest BCUT2D eigenvalue weighted by molar-refractivity contribution is 5.95. The summed E-state index contributed by atoms with van der Waals surface area (Å²) in [6.07, 6.45) is 0. The van der Waals surface area contributed by atoms with Crippen molar-refractivity contribution in [2.24, 2.45) is 0 Å². The molecule has 116 valence electrons. The summed E-state index contributed by atoms with van der Waals surface area (Å²) in [5.41, 5.74) is 3.54. The van der Waals surface area contributed by atoms with E-state index in [0.717, 1.165) is 16.8 Å². The van der Waals surface area contributed by atoms with Crippen molar-refractivity contribution < 1.29 is 9.21 Å². The predicted octanol–water partition coefficient (Wildman–Crippen LogP) is 3.89. The van der Waals surface area contributed by atoms with E-state index in [1.54, 1.807) is 13.0 Å². The first-order valence-corrected chi connectivity index (χ1v) is 7.50. The smallest absolute Gasteiger partial charge is 0.251 e. The fraction of sp³-hybridized carbons (Fsp3) is 0.158. The second-order valence-electron chi connectivity index (χ2n) is 5.37. The molecule has 1 amide bonds. The maximum absolute atomic E-state index is 12.3. The van der Waals surface area contributed by atoms with E-state index in [-0.39, 0.29) is 5.91 Å². The number of rotatable bonds is 4. The van der Waals surface area contributed by atoms with E-state index in [0.29, 0.717) is 23.8 Å². The van der Waals surface area contributed by atoms with E-state index in [2.05, 4.69) is 10.3 Å². The highest BCUT2D eigenvalue weighted by atomic mass is 16.4. The molecular weight excluding hydrogens is 288 g/mol. The van der Waals surface area contributed by atoms with Crippen LogP contribution in [0.25, 0.3) is 11.1 Å². The van der Waals surface area contributed by atoms with Gasteiger partial charge >= 0.3 is 0 Å². The third-order valence-corrected chi connectivity index (χ3v) is 3.64. The first-order valence-electron chi connectivity index (χ1n) is 7.50. The fourth-order valence-corrected chi connectivity index (χ4v) is 2.47. The van der Waals surface area contributed by atoms with Gasteiger partial charge in [0.2, 0.25) is 0 Å². The van der Waals surface area contributed by atoms with E-state index in [4.69, 9.17) is 4.42 Å². The van der Waals surface area contributed by atoms with Crippen LogP contribution in [0.2, 0.25) is 0 Å². The number of nitrogens with one attached hydrogen (secondary N) is 1. The Kier molecular flexibility index (Phi) is 4.24. The lowest BCUT2D eigenvalue weighted by Crippen LogP contribution is -2.22. The summed E-state index contributed by atoms with van der Waals surface area (Å²) in [5.74, 6) is 1.17. The van der Waals surface area contributed by atoms with Gasteiger partial charge in [0.1, 0.15) is 5.76 Å². The Morgan fingerprint density at radius 2 is 1.78 bits per heavy atom. The van der Waals surface area contributed by atoms with Gasteiger partial charge in [-0.15, -0.1) is 0 Å². The Balaban J connectivity index is 1.74. The summed E-state index contributed by atoms with van der Waals surface area (Å²) in [5, 5.41) is 2.88. The molecule has 4 nitrogen and oxygen atoms in total. The summed E-state index contributed by atoms with van der Waals surface area (Å²) >= 11 is 0. The molecular formula is C19H18N2O2. The molecule has 23 heavy (non-hydrogen) atoms. The van der Waals surface area contributed by atoms with Gasteiger partial charge in [0, 0.05) is 12.5 Å². The fourth-order valence-electron chi connectivity index (χ4n) is 2.47. The van der Waals surface area contributed by atoms with Gasteiger partial charge in [-0.25, -0.2) is 4.98 Å². The van der Waals surface area contributed by atoms with Crippen LogP contribution in [0, 0.1) is 13.8 Å². The van der Waals surface area contributed by atoms with E-state index in [1.807, 2.05) is 55.5 Å². The van der Waals surface area contributed by atoms with Gasteiger partial charge in [-0.3, -0.25) is 4.79 Å². The maximum atomic E-state index is 12.3. The van der Waals surface area contributed by atoms with Crippen LogP contribution in [-0.2, 0) is 6.54 Å². The van der Waals surface area contributed by atoms with Crippen LogP contribution in [0.4, 0.5) is 0 Å². The number of nitrogens with zero attached hydrogens (tertiary/aromatic N) is 1. The van der Waals surface area contributed by atoms with Crippen LogP contribution in [0.1, 0.15) is 27.7 Å². The molecule has 1 aromatic heterocycles. The molecule has 0 spiro atoms. The zero-order valence-corrected chi connectivity index (χ0v) is 13.2. The van der Waals surface area contributed by atoms with Crippen molar-refractivity contribution in [2.45, 2.75) is 20.4 Å². The second kappa shape index (κ2) is 6.48. The number of aromatic nitrogens is 1. The Hall–Kier alpha value is -2.88. The molecule has 0 saturated heterocycles. The van der Waals surface area contributed by atoms with Crippen molar-refractivity contribution in [3.05, 3.63) is 77.5 Å². The first-order chi connectivity index (χ1) is 11.1. The van der Waals surface area contributed by atoms with Gasteiger partial charge in [-0.1, -0.05) is 42.5 Å². The number of amides is 1. The van der Waals surface area contributed by atoms with E-state index in [1.165, 1.54) is 0 Å². The standard InChI is InChI=1S/C19H18N2O2/c1-13-18(23-14(2)21-13)12-20-19(22)17-10-6-9-16(11-17)15-7-4-3-5-8-15/h3-11H,12H2,1-2H3,(H,20,22). The molecule has 0 bridgehead atoms. The summed E-state index contributed by atoms with van der Waals surface area (Å²) < 4.78 is 5.47. The first kappa shape index (κ1) is 15.0. The van der Waals surface area contributed by atoms with Crippen LogP contribution in [0.5, 0.6) is 0 Å². The van der Waals surface area contributed by atoms with Crippen LogP contribution in [0.15, 0.2) is 59.0 Å². The number of hydrogen-bond acceptors (Lipinski definition) is 3. The molecule has 3 rings (SSSR count). The van der Waals surface area contributed by atoms with Gasteiger partial charge in [0.25, 0.3) is 5.91 Å². The Bertz CT molecular complexity index is 822. The van der Waals surface area contributed by atoms with Crippen LogP contribution in [0.3, 0.4) is 0 Å². The van der Waals surface area contributed by atoms with Crippen molar-refractivity contribution in [1.82, 2.24) is 10.3 Å². The molecule has 0 fully saturated rings. The molecule has 1 heterocycles. The average molecular weight is 306 g/mol. The number of carbonyl (C=O) groups is 1. The van der Waals surface area contributed by atoms with Crippen molar-refractivity contribution in [1.29, 1.82) is 0 Å². The van der Waals surface area contributed by atoms with Gasteiger partial charge in [-0.05, 0) is 30.2 Å². The lowest BCUT2D eigenvalue weighted by atomic mass is 10.0. The van der Waals surface area contributed by atoms with E-state index < -0.39 is 0 Å². The average Bonchev–Trinajstić information content (AvgIpc) is 2.91. The SMILES string of the molecule is Cc1nc(C)c(CNC(=O)c2cccc(-c3ccccc3)c2)o1. The molecule has 3 aromatic rings. The van der Waals surface area contributed by atoms with Crippen molar-refractivity contribution >= 4 is 5.91 Å². The van der Waals surface area contributed by atoms with Crippen molar-refractivity contribution in [3.8, 4) is 11.1 Å². The van der Waals surface area contributed by atoms with Crippen molar-refractivity contribution in [2.75, 3.05) is 0 Å². The minimum Gasteiger partial charge on any atom is -0.444 e. The van der Waals surface area contributed by atoms with E-state index in [9.17, 15) is 4.79 Å². The molecule has 0 aliphatic carbocycles. The van der Waals surface area contributed by atoms with Crippen LogP contribution < -0.4 is 5.32 Å². The maximum Gasteiger partial charge on any atom is 0.251 e. The normalized spacial score (nSPS) is 10.5. The third-order valence-electron chi connectivity index (χ3n) is 3.64. The summed E-state index contributed by atoms with van der Waals surface area (Å²) in [6, 6.07) is 17.6. The quantitative estimate of drug-likeness (QED) is 0.795. The minimum atomic E-state index is -0.128. The highest BCUT2D eigenvalue weighted by Gasteiger charge is 2.10. The Labute approximate surface area is 135 Å². The van der Waals surface area contributed by atoms with Gasteiger partial charge in [0.05, 0.1) is 12.2 Å². The van der Waals surface area contributed by atoms with Crippen molar-refractivity contribution in [3.63, 3.8) is 0 Å². The largest absolute Gasteiger partial charge is 0.444 e. The molecule has 0 aliphatic heterocycles. The van der Waals surface area contributed by atoms with Crippen LogP contribution in [-0.4, -0.2) is 10.9 Å². The highest BCUT2D eigenvalue weighted by Crippen LogP contribution is 2.20. The minimum absolute atomic E-state index is 0.128. The Morgan fingerprint density at radius 3 is 2.48 bits per heavy atom. The monoisotopic (exact) mass is 306 g/mol. The lowest BCUT2D eigenvalue weighted by molar-refractivity contribution is 0.0948. The zero-order chi connectivity index (χ0) is 16.2. The van der Waals surface area contributed by atoms with E-state index >= 15 is 0 Å². The molecule has 0 unspecified atom stereocenters. The van der Waals surface area contributed by atoms with Gasteiger partial charge in [0.15, 0.2) is 5.89 Å². The molecule has 0 atom stereocenters. The lowest BCUT2D eigenvalue weighted by Gasteiger charge is -2.06.